The van der Waals surface area contributed by atoms with Gasteiger partial charge in [-0.1, -0.05) is 23.9 Å². The van der Waals surface area contributed by atoms with Crippen LogP contribution in [0, 0.1) is 0 Å². The van der Waals surface area contributed by atoms with Crippen LogP contribution in [0.15, 0.2) is 52.4 Å². The highest BCUT2D eigenvalue weighted by molar-refractivity contribution is 7.99. The maximum atomic E-state index is 13.3. The number of nitrogens with one attached hydrogen (secondary N) is 2. The average Bonchev–Trinajstić information content (AvgIpc) is 2.77. The minimum Gasteiger partial charge on any atom is -0.493 e. The summed E-state index contributed by atoms with van der Waals surface area (Å²) in [4.78, 5) is 41.6. The Labute approximate surface area is 182 Å². The topological polar surface area (TPSA) is 112 Å². The van der Waals surface area contributed by atoms with Crippen molar-refractivity contribution in [1.29, 1.82) is 0 Å². The zero-order valence-electron chi connectivity index (χ0n) is 17.3. The number of rotatable bonds is 7. The second-order valence-corrected chi connectivity index (χ2v) is 7.23. The minimum absolute atomic E-state index is 0.102. The zero-order chi connectivity index (χ0) is 22.4. The van der Waals surface area contributed by atoms with Crippen LogP contribution in [0.1, 0.15) is 6.92 Å². The number of fused-ring (bicyclic) bond motifs is 1. The van der Waals surface area contributed by atoms with Crippen LogP contribution in [0.4, 0.5) is 4.79 Å². The van der Waals surface area contributed by atoms with Gasteiger partial charge in [0.15, 0.2) is 16.7 Å². The van der Waals surface area contributed by atoms with Gasteiger partial charge in [0.1, 0.15) is 0 Å². The summed E-state index contributed by atoms with van der Waals surface area (Å²) in [6.45, 7) is 2.15. The second-order valence-electron chi connectivity index (χ2n) is 6.29. The summed E-state index contributed by atoms with van der Waals surface area (Å²) < 4.78 is 12.0. The maximum Gasteiger partial charge on any atom is 0.321 e. The summed E-state index contributed by atoms with van der Waals surface area (Å²) in [7, 11) is 3.03. The first-order chi connectivity index (χ1) is 15.0. The SMILES string of the molecule is CCNC(=O)NC(=O)CSc1nc2ccccc2c(=O)n1-c1ccc(OC)c(OC)c1. The molecule has 0 aliphatic heterocycles. The highest BCUT2D eigenvalue weighted by atomic mass is 32.2. The van der Waals surface area contributed by atoms with Crippen LogP contribution in [0.2, 0.25) is 0 Å². The number of benzene rings is 2. The normalized spacial score (nSPS) is 10.5. The smallest absolute Gasteiger partial charge is 0.321 e. The standard InChI is InChI=1S/C21H22N4O5S/c1-4-22-20(28)24-18(26)12-31-21-23-15-8-6-5-7-14(15)19(27)25(21)13-9-10-16(29-2)17(11-13)30-3/h5-11H,4,12H2,1-3H3,(H2,22,24,26,28). The van der Waals surface area contributed by atoms with Gasteiger partial charge in [-0.3, -0.25) is 19.5 Å². The molecular weight excluding hydrogens is 420 g/mol. The lowest BCUT2D eigenvalue weighted by Crippen LogP contribution is -2.40. The number of ether oxygens (including phenoxy) is 2. The summed E-state index contributed by atoms with van der Waals surface area (Å²) >= 11 is 1.05. The third-order valence-electron chi connectivity index (χ3n) is 4.29. The Balaban J connectivity index is 2.03. The van der Waals surface area contributed by atoms with E-state index in [0.717, 1.165) is 11.8 Å². The molecule has 0 unspecified atom stereocenters. The summed E-state index contributed by atoms with van der Waals surface area (Å²) in [5, 5.41) is 5.47. The molecule has 0 fully saturated rings. The number of imide groups is 1. The lowest BCUT2D eigenvalue weighted by atomic mass is 10.2. The van der Waals surface area contributed by atoms with Crippen molar-refractivity contribution in [1.82, 2.24) is 20.2 Å². The predicted octanol–water partition coefficient (Wildman–Crippen LogP) is 2.34. The van der Waals surface area contributed by atoms with Crippen molar-refractivity contribution < 1.29 is 19.1 Å². The minimum atomic E-state index is -0.572. The quantitative estimate of drug-likeness (QED) is 0.427. The van der Waals surface area contributed by atoms with E-state index in [4.69, 9.17) is 9.47 Å². The molecule has 0 atom stereocenters. The van der Waals surface area contributed by atoms with Gasteiger partial charge >= 0.3 is 6.03 Å². The molecule has 0 aliphatic rings. The molecule has 162 valence electrons. The zero-order valence-corrected chi connectivity index (χ0v) is 18.1. The molecule has 1 heterocycles. The fourth-order valence-electron chi connectivity index (χ4n) is 2.90. The van der Waals surface area contributed by atoms with Gasteiger partial charge in [-0.25, -0.2) is 9.78 Å². The third-order valence-corrected chi connectivity index (χ3v) is 5.23. The first-order valence-electron chi connectivity index (χ1n) is 9.43. The van der Waals surface area contributed by atoms with Gasteiger partial charge in [0, 0.05) is 12.6 Å². The van der Waals surface area contributed by atoms with Crippen LogP contribution < -0.4 is 25.7 Å². The molecule has 0 saturated heterocycles. The highest BCUT2D eigenvalue weighted by Gasteiger charge is 2.17. The number of thioether (sulfide) groups is 1. The van der Waals surface area contributed by atoms with E-state index in [-0.39, 0.29) is 11.3 Å². The Hall–Kier alpha value is -3.53. The summed E-state index contributed by atoms with van der Waals surface area (Å²) in [6.07, 6.45) is 0. The van der Waals surface area contributed by atoms with Crippen LogP contribution >= 0.6 is 11.8 Å². The number of amides is 3. The van der Waals surface area contributed by atoms with Crippen LogP contribution in [-0.2, 0) is 4.79 Å². The summed E-state index contributed by atoms with van der Waals surface area (Å²) in [5.74, 6) is 0.362. The number of para-hydroxylation sites is 1. The van der Waals surface area contributed by atoms with Crippen LogP contribution in [-0.4, -0.2) is 48.0 Å². The van der Waals surface area contributed by atoms with Crippen molar-refractivity contribution in [2.75, 3.05) is 26.5 Å². The molecule has 2 N–H and O–H groups in total. The average molecular weight is 442 g/mol. The van der Waals surface area contributed by atoms with E-state index in [1.54, 1.807) is 49.4 Å². The number of carbonyl (C=O) groups excluding carboxylic acids is 2. The van der Waals surface area contributed by atoms with Crippen molar-refractivity contribution in [3.8, 4) is 17.2 Å². The number of methoxy groups -OCH3 is 2. The van der Waals surface area contributed by atoms with Crippen molar-refractivity contribution in [2.24, 2.45) is 0 Å². The molecule has 31 heavy (non-hydrogen) atoms. The Morgan fingerprint density at radius 1 is 1.10 bits per heavy atom. The van der Waals surface area contributed by atoms with Gasteiger partial charge in [0.25, 0.3) is 5.56 Å². The van der Waals surface area contributed by atoms with Gasteiger partial charge in [0.05, 0.1) is 36.6 Å². The Morgan fingerprint density at radius 3 is 2.55 bits per heavy atom. The Bertz CT molecular complexity index is 1180. The lowest BCUT2D eigenvalue weighted by molar-refractivity contribution is -0.117. The highest BCUT2D eigenvalue weighted by Crippen LogP contribution is 2.30. The second kappa shape index (κ2) is 9.98. The van der Waals surface area contributed by atoms with Gasteiger partial charge in [-0.15, -0.1) is 0 Å². The van der Waals surface area contributed by atoms with Crippen LogP contribution in [0.25, 0.3) is 16.6 Å². The summed E-state index contributed by atoms with van der Waals surface area (Å²) in [5.41, 5.74) is 0.729. The largest absolute Gasteiger partial charge is 0.493 e. The van der Waals surface area contributed by atoms with E-state index < -0.39 is 11.9 Å². The van der Waals surface area contributed by atoms with E-state index in [9.17, 15) is 14.4 Å². The van der Waals surface area contributed by atoms with E-state index in [0.29, 0.717) is 39.8 Å². The van der Waals surface area contributed by atoms with E-state index >= 15 is 0 Å². The van der Waals surface area contributed by atoms with Crippen molar-refractivity contribution in [3.63, 3.8) is 0 Å². The van der Waals surface area contributed by atoms with Crippen molar-refractivity contribution in [2.45, 2.75) is 12.1 Å². The molecule has 0 radical (unpaired) electrons. The van der Waals surface area contributed by atoms with Gasteiger partial charge < -0.3 is 14.8 Å². The number of carbonyl (C=O) groups is 2. The van der Waals surface area contributed by atoms with E-state index in [1.807, 2.05) is 0 Å². The third kappa shape index (κ3) is 4.97. The predicted molar refractivity (Wildman–Crippen MR) is 118 cm³/mol. The number of urea groups is 1. The monoisotopic (exact) mass is 442 g/mol. The Kier molecular flexibility index (Phi) is 7.14. The number of nitrogens with zero attached hydrogens (tertiary/aromatic N) is 2. The van der Waals surface area contributed by atoms with Crippen molar-refractivity contribution >= 4 is 34.6 Å². The molecule has 2 aromatic carbocycles. The first kappa shape index (κ1) is 22.2. The fraction of sp³-hybridized carbons (Fsp3) is 0.238. The number of hydrogen-bond acceptors (Lipinski definition) is 7. The molecule has 3 rings (SSSR count). The van der Waals surface area contributed by atoms with Gasteiger partial charge in [0.2, 0.25) is 5.91 Å². The molecule has 10 heteroatoms. The first-order valence-corrected chi connectivity index (χ1v) is 10.4. The van der Waals surface area contributed by atoms with Crippen LogP contribution in [0.3, 0.4) is 0 Å². The van der Waals surface area contributed by atoms with Crippen LogP contribution in [0.5, 0.6) is 11.5 Å². The van der Waals surface area contributed by atoms with Gasteiger partial charge in [-0.05, 0) is 31.2 Å². The van der Waals surface area contributed by atoms with E-state index in [1.165, 1.54) is 18.8 Å². The molecule has 0 bridgehead atoms. The molecular formula is C21H22N4O5S. The Morgan fingerprint density at radius 2 is 1.84 bits per heavy atom. The molecule has 0 saturated carbocycles. The fourth-order valence-corrected chi connectivity index (χ4v) is 3.71. The molecule has 3 aromatic rings. The molecule has 3 amide bonds. The maximum absolute atomic E-state index is 13.3. The number of hydrogen-bond donors (Lipinski definition) is 2. The van der Waals surface area contributed by atoms with E-state index in [2.05, 4.69) is 15.6 Å². The van der Waals surface area contributed by atoms with Crippen molar-refractivity contribution in [3.05, 3.63) is 52.8 Å². The molecule has 1 aromatic heterocycles. The number of aromatic nitrogens is 2. The molecule has 0 aliphatic carbocycles. The molecule has 9 nitrogen and oxygen atoms in total. The van der Waals surface area contributed by atoms with Gasteiger partial charge in [-0.2, -0.15) is 0 Å². The molecule has 0 spiro atoms. The lowest BCUT2D eigenvalue weighted by Gasteiger charge is -2.15. The summed E-state index contributed by atoms with van der Waals surface area (Å²) in [6, 6.07) is 11.5.